The van der Waals surface area contributed by atoms with Gasteiger partial charge in [-0.1, -0.05) is 0 Å². The van der Waals surface area contributed by atoms with Crippen LogP contribution >= 0.6 is 11.3 Å². The molecule has 7 heteroatoms. The summed E-state index contributed by atoms with van der Waals surface area (Å²) < 4.78 is 1.43. The second kappa shape index (κ2) is 4.54. The van der Waals surface area contributed by atoms with Crippen LogP contribution in [0.1, 0.15) is 9.75 Å². The van der Waals surface area contributed by atoms with Gasteiger partial charge < -0.3 is 5.32 Å². The van der Waals surface area contributed by atoms with Gasteiger partial charge >= 0.3 is 5.69 Å². The Morgan fingerprint density at radius 3 is 2.94 bits per heavy atom. The Bertz CT molecular complexity index is 546. The quantitative estimate of drug-likeness (QED) is 0.669. The third-order valence-electron chi connectivity index (χ3n) is 2.23. The maximum atomic E-state index is 10.8. The highest BCUT2D eigenvalue weighted by molar-refractivity contribution is 7.11. The molecule has 0 radical (unpaired) electrons. The zero-order valence-electron chi connectivity index (χ0n) is 9.51. The molecule has 0 aliphatic heterocycles. The van der Waals surface area contributed by atoms with Gasteiger partial charge in [-0.3, -0.25) is 14.8 Å². The first kappa shape index (κ1) is 11.6. The number of aromatic nitrogens is 2. The second-order valence-electron chi connectivity index (χ2n) is 3.66. The number of nitro groups is 1. The van der Waals surface area contributed by atoms with Crippen molar-refractivity contribution in [3.05, 3.63) is 38.2 Å². The van der Waals surface area contributed by atoms with E-state index in [0.717, 1.165) is 4.88 Å². The van der Waals surface area contributed by atoms with E-state index in [1.807, 2.05) is 19.1 Å². The summed E-state index contributed by atoms with van der Waals surface area (Å²) in [5.74, 6) is 0.309. The van der Waals surface area contributed by atoms with E-state index in [0.29, 0.717) is 12.4 Å². The molecule has 0 atom stereocenters. The first-order chi connectivity index (χ1) is 8.06. The van der Waals surface area contributed by atoms with E-state index in [1.165, 1.54) is 15.8 Å². The molecule has 90 valence electrons. The SMILES string of the molecule is Cc1ccc(CNc2nn(C)cc2[N+](=O)[O-])s1. The lowest BCUT2D eigenvalue weighted by molar-refractivity contribution is -0.384. The van der Waals surface area contributed by atoms with E-state index in [4.69, 9.17) is 0 Å². The minimum Gasteiger partial charge on any atom is -0.358 e. The van der Waals surface area contributed by atoms with Crippen LogP contribution in [0.5, 0.6) is 0 Å². The molecule has 17 heavy (non-hydrogen) atoms. The average molecular weight is 252 g/mol. The molecule has 0 saturated carbocycles. The van der Waals surface area contributed by atoms with Crippen LogP contribution in [0.4, 0.5) is 11.5 Å². The van der Waals surface area contributed by atoms with E-state index in [2.05, 4.69) is 10.4 Å². The molecule has 0 aliphatic rings. The standard InChI is InChI=1S/C10H12N4O2S/c1-7-3-4-8(17-7)5-11-10-9(14(15)16)6-13(2)12-10/h3-4,6H,5H2,1-2H3,(H,11,12). The summed E-state index contributed by atoms with van der Waals surface area (Å²) in [7, 11) is 1.66. The van der Waals surface area contributed by atoms with Crippen molar-refractivity contribution in [2.24, 2.45) is 7.05 Å². The highest BCUT2D eigenvalue weighted by Gasteiger charge is 2.17. The maximum absolute atomic E-state index is 10.8. The highest BCUT2D eigenvalue weighted by Crippen LogP contribution is 2.23. The minimum absolute atomic E-state index is 0.000720. The maximum Gasteiger partial charge on any atom is 0.330 e. The molecule has 2 aromatic rings. The van der Waals surface area contributed by atoms with Gasteiger partial charge in [0, 0.05) is 16.8 Å². The molecule has 0 saturated heterocycles. The van der Waals surface area contributed by atoms with Gasteiger partial charge in [0.05, 0.1) is 11.5 Å². The summed E-state index contributed by atoms with van der Waals surface area (Å²) in [5, 5.41) is 17.8. The normalized spacial score (nSPS) is 10.5. The smallest absolute Gasteiger partial charge is 0.330 e. The highest BCUT2D eigenvalue weighted by atomic mass is 32.1. The van der Waals surface area contributed by atoms with Crippen LogP contribution in [-0.4, -0.2) is 14.7 Å². The first-order valence-corrected chi connectivity index (χ1v) is 5.85. The predicted octanol–water partition coefficient (Wildman–Crippen LogP) is 2.31. The second-order valence-corrected chi connectivity index (χ2v) is 5.03. The van der Waals surface area contributed by atoms with Gasteiger partial charge in [-0.2, -0.15) is 0 Å². The van der Waals surface area contributed by atoms with Crippen molar-refractivity contribution in [2.45, 2.75) is 13.5 Å². The lowest BCUT2D eigenvalue weighted by atomic mass is 10.4. The van der Waals surface area contributed by atoms with Crippen molar-refractivity contribution < 1.29 is 4.92 Å². The number of aryl methyl sites for hydroxylation is 2. The van der Waals surface area contributed by atoms with Crippen LogP contribution in [0.2, 0.25) is 0 Å². The Labute approximate surface area is 102 Å². The molecule has 0 fully saturated rings. The number of rotatable bonds is 4. The molecule has 1 N–H and O–H groups in total. The molecule has 2 aromatic heterocycles. The molecule has 0 bridgehead atoms. The van der Waals surface area contributed by atoms with Crippen LogP contribution in [0.25, 0.3) is 0 Å². The number of nitrogens with zero attached hydrogens (tertiary/aromatic N) is 3. The van der Waals surface area contributed by atoms with Crippen molar-refractivity contribution in [1.82, 2.24) is 9.78 Å². The summed E-state index contributed by atoms with van der Waals surface area (Å²) in [6.45, 7) is 2.58. The van der Waals surface area contributed by atoms with Gasteiger partial charge in [0.15, 0.2) is 0 Å². The van der Waals surface area contributed by atoms with Gasteiger partial charge in [0.2, 0.25) is 5.82 Å². The van der Waals surface area contributed by atoms with Crippen LogP contribution < -0.4 is 5.32 Å². The van der Waals surface area contributed by atoms with Gasteiger partial charge in [0.1, 0.15) is 6.20 Å². The lowest BCUT2D eigenvalue weighted by Gasteiger charge is -1.99. The van der Waals surface area contributed by atoms with Crippen LogP contribution in [0.3, 0.4) is 0 Å². The van der Waals surface area contributed by atoms with Crippen molar-refractivity contribution in [2.75, 3.05) is 5.32 Å². The fourth-order valence-electron chi connectivity index (χ4n) is 1.49. The van der Waals surface area contributed by atoms with Crippen molar-refractivity contribution in [3.63, 3.8) is 0 Å². The molecule has 2 rings (SSSR count). The average Bonchev–Trinajstić information content (AvgIpc) is 2.82. The zero-order valence-corrected chi connectivity index (χ0v) is 10.3. The Balaban J connectivity index is 2.11. The van der Waals surface area contributed by atoms with Crippen LogP contribution in [-0.2, 0) is 13.6 Å². The number of thiophene rings is 1. The minimum atomic E-state index is -0.436. The summed E-state index contributed by atoms with van der Waals surface area (Å²) in [5.41, 5.74) is 0.000720. The molecule has 6 nitrogen and oxygen atoms in total. The third kappa shape index (κ3) is 2.62. The molecule has 0 amide bonds. The molecule has 0 aliphatic carbocycles. The Morgan fingerprint density at radius 2 is 2.35 bits per heavy atom. The number of hydrogen-bond acceptors (Lipinski definition) is 5. The fourth-order valence-corrected chi connectivity index (χ4v) is 2.32. The Kier molecular flexibility index (Phi) is 3.10. The zero-order chi connectivity index (χ0) is 12.4. The molecular formula is C10H12N4O2S. The summed E-state index contributed by atoms with van der Waals surface area (Å²) in [6, 6.07) is 4.02. The van der Waals surface area contributed by atoms with E-state index in [-0.39, 0.29) is 5.69 Å². The number of anilines is 1. The molecule has 0 unspecified atom stereocenters. The van der Waals surface area contributed by atoms with Crippen molar-refractivity contribution in [1.29, 1.82) is 0 Å². The summed E-state index contributed by atoms with van der Waals surface area (Å²) in [6.07, 6.45) is 1.39. The van der Waals surface area contributed by atoms with E-state index >= 15 is 0 Å². The van der Waals surface area contributed by atoms with E-state index in [1.54, 1.807) is 18.4 Å². The summed E-state index contributed by atoms with van der Waals surface area (Å²) in [4.78, 5) is 12.7. The fraction of sp³-hybridized carbons (Fsp3) is 0.300. The van der Waals surface area contributed by atoms with E-state index < -0.39 is 4.92 Å². The largest absolute Gasteiger partial charge is 0.358 e. The van der Waals surface area contributed by atoms with Crippen LogP contribution in [0.15, 0.2) is 18.3 Å². The lowest BCUT2D eigenvalue weighted by Crippen LogP contribution is -2.01. The predicted molar refractivity (Wildman–Crippen MR) is 66.2 cm³/mol. The van der Waals surface area contributed by atoms with Gasteiger partial charge in [-0.05, 0) is 19.1 Å². The summed E-state index contributed by atoms with van der Waals surface area (Å²) >= 11 is 1.66. The molecule has 2 heterocycles. The van der Waals surface area contributed by atoms with E-state index in [9.17, 15) is 10.1 Å². The number of hydrogen-bond donors (Lipinski definition) is 1. The van der Waals surface area contributed by atoms with Crippen molar-refractivity contribution in [3.8, 4) is 0 Å². The Hall–Kier alpha value is -1.89. The monoisotopic (exact) mass is 252 g/mol. The topological polar surface area (TPSA) is 73.0 Å². The van der Waals surface area contributed by atoms with Gasteiger partial charge in [0.25, 0.3) is 0 Å². The van der Waals surface area contributed by atoms with Gasteiger partial charge in [-0.15, -0.1) is 16.4 Å². The third-order valence-corrected chi connectivity index (χ3v) is 3.23. The molecule has 0 aromatic carbocycles. The van der Waals surface area contributed by atoms with Crippen LogP contribution in [0, 0.1) is 17.0 Å². The van der Waals surface area contributed by atoms with Crippen molar-refractivity contribution >= 4 is 22.8 Å². The van der Waals surface area contributed by atoms with Gasteiger partial charge in [-0.25, -0.2) is 0 Å². The first-order valence-electron chi connectivity index (χ1n) is 5.03. The molecular weight excluding hydrogens is 240 g/mol. The number of nitrogens with one attached hydrogen (secondary N) is 1. The molecule has 0 spiro atoms. The Morgan fingerprint density at radius 1 is 1.59 bits per heavy atom.